The van der Waals surface area contributed by atoms with Crippen LogP contribution in [0.4, 0.5) is 0 Å². The first-order valence-corrected chi connectivity index (χ1v) is 9.67. The van der Waals surface area contributed by atoms with Gasteiger partial charge < -0.3 is 4.98 Å². The predicted octanol–water partition coefficient (Wildman–Crippen LogP) is 4.86. The van der Waals surface area contributed by atoms with Crippen LogP contribution in [-0.2, 0) is 0 Å². The van der Waals surface area contributed by atoms with Crippen molar-refractivity contribution < 1.29 is 4.79 Å². The van der Waals surface area contributed by atoms with Crippen LogP contribution >= 0.6 is 0 Å². The number of benzene rings is 3. The zero-order valence-corrected chi connectivity index (χ0v) is 16.0. The Kier molecular flexibility index (Phi) is 4.21. The third-order valence-electron chi connectivity index (χ3n) is 5.25. The predicted molar refractivity (Wildman–Crippen MR) is 114 cm³/mol. The van der Waals surface area contributed by atoms with E-state index in [2.05, 4.69) is 4.98 Å². The van der Waals surface area contributed by atoms with E-state index in [4.69, 9.17) is 10.1 Å². The number of hydrogen-bond acceptors (Lipinski definition) is 3. The number of hydrazone groups is 1. The summed E-state index contributed by atoms with van der Waals surface area (Å²) in [7, 11) is 0. The number of nitrogens with zero attached hydrogens (tertiary/aromatic N) is 3. The summed E-state index contributed by atoms with van der Waals surface area (Å²) in [6.07, 6.45) is 0.613. The van der Waals surface area contributed by atoms with Crippen molar-refractivity contribution in [1.82, 2.24) is 15.0 Å². The number of carbonyl (C=O) groups excluding carboxylic acids is 1. The molecule has 0 unspecified atom stereocenters. The molecule has 0 saturated heterocycles. The molecular weight excluding hydrogens is 360 g/mol. The fraction of sp³-hybridized carbons (Fsp3) is 0.125. The number of aryl methyl sites for hydroxylation is 1. The quantitative estimate of drug-likeness (QED) is 0.552. The summed E-state index contributed by atoms with van der Waals surface area (Å²) in [5.74, 6) is 0.628. The van der Waals surface area contributed by atoms with Gasteiger partial charge in [-0.1, -0.05) is 60.2 Å². The highest BCUT2D eigenvalue weighted by molar-refractivity contribution is 6.05. The van der Waals surface area contributed by atoms with Crippen molar-refractivity contribution in [2.45, 2.75) is 19.4 Å². The Morgan fingerprint density at radius 2 is 1.69 bits per heavy atom. The van der Waals surface area contributed by atoms with Gasteiger partial charge in [-0.05, 0) is 36.8 Å². The van der Waals surface area contributed by atoms with Crippen LogP contribution in [0.3, 0.4) is 0 Å². The first-order valence-electron chi connectivity index (χ1n) is 9.67. The fourth-order valence-corrected chi connectivity index (χ4v) is 3.67. The van der Waals surface area contributed by atoms with E-state index in [1.54, 1.807) is 5.01 Å². The number of nitrogens with one attached hydrogen (secondary N) is 1. The summed E-state index contributed by atoms with van der Waals surface area (Å²) >= 11 is 0. The third-order valence-corrected chi connectivity index (χ3v) is 5.25. The van der Waals surface area contributed by atoms with E-state index < -0.39 is 0 Å². The van der Waals surface area contributed by atoms with Crippen LogP contribution in [0.1, 0.15) is 39.8 Å². The summed E-state index contributed by atoms with van der Waals surface area (Å²) < 4.78 is 0. The molecule has 5 nitrogen and oxygen atoms in total. The van der Waals surface area contributed by atoms with Crippen molar-refractivity contribution in [2.24, 2.45) is 5.10 Å². The number of para-hydroxylation sites is 2. The average Bonchev–Trinajstić information content (AvgIpc) is 3.39. The number of aromatic nitrogens is 2. The van der Waals surface area contributed by atoms with Gasteiger partial charge in [-0.3, -0.25) is 4.79 Å². The highest BCUT2D eigenvalue weighted by Crippen LogP contribution is 2.33. The van der Waals surface area contributed by atoms with Crippen LogP contribution in [0.5, 0.6) is 0 Å². The van der Waals surface area contributed by atoms with E-state index in [0.717, 1.165) is 33.7 Å². The number of aromatic amines is 1. The van der Waals surface area contributed by atoms with Crippen LogP contribution in [-0.4, -0.2) is 26.6 Å². The topological polar surface area (TPSA) is 61.4 Å². The molecular formula is C24H20N4O. The molecule has 1 amide bonds. The molecule has 29 heavy (non-hydrogen) atoms. The van der Waals surface area contributed by atoms with Crippen molar-refractivity contribution >= 4 is 22.7 Å². The molecule has 1 aliphatic heterocycles. The van der Waals surface area contributed by atoms with Gasteiger partial charge in [0.15, 0.2) is 0 Å². The maximum atomic E-state index is 13.3. The number of rotatable bonds is 3. The molecule has 0 spiro atoms. The van der Waals surface area contributed by atoms with Crippen LogP contribution < -0.4 is 0 Å². The highest BCUT2D eigenvalue weighted by Gasteiger charge is 2.35. The smallest absolute Gasteiger partial charge is 0.274 e. The van der Waals surface area contributed by atoms with Crippen molar-refractivity contribution in [3.05, 3.63) is 101 Å². The first kappa shape index (κ1) is 17.4. The average molecular weight is 380 g/mol. The van der Waals surface area contributed by atoms with Crippen molar-refractivity contribution in [3.63, 3.8) is 0 Å². The molecule has 4 aromatic rings. The maximum absolute atomic E-state index is 13.3. The van der Waals surface area contributed by atoms with E-state index in [0.29, 0.717) is 12.0 Å². The molecule has 5 heteroatoms. The van der Waals surface area contributed by atoms with E-state index >= 15 is 0 Å². The lowest BCUT2D eigenvalue weighted by Gasteiger charge is -2.20. The van der Waals surface area contributed by atoms with Crippen LogP contribution in [0, 0.1) is 6.92 Å². The number of fused-ring (bicyclic) bond motifs is 1. The maximum Gasteiger partial charge on any atom is 0.274 e. The number of amides is 1. The summed E-state index contributed by atoms with van der Waals surface area (Å²) in [4.78, 5) is 21.4. The van der Waals surface area contributed by atoms with Crippen LogP contribution in [0.25, 0.3) is 11.0 Å². The van der Waals surface area contributed by atoms with Gasteiger partial charge in [0.1, 0.15) is 11.9 Å². The number of carbonyl (C=O) groups is 1. The Balaban J connectivity index is 1.56. The first-order chi connectivity index (χ1) is 14.2. The Hall–Kier alpha value is -3.73. The monoisotopic (exact) mass is 380 g/mol. The SMILES string of the molecule is Cc1ccc(C(=O)N2N=C(c3ccccc3)C[C@@H]2c2nc3ccccc3[nH]2)cc1. The lowest BCUT2D eigenvalue weighted by molar-refractivity contribution is 0.0705. The molecule has 0 saturated carbocycles. The molecule has 5 rings (SSSR count). The van der Waals surface area contributed by atoms with Crippen molar-refractivity contribution in [3.8, 4) is 0 Å². The minimum atomic E-state index is -0.272. The minimum Gasteiger partial charge on any atom is -0.340 e. The van der Waals surface area contributed by atoms with E-state index in [9.17, 15) is 4.79 Å². The normalized spacial score (nSPS) is 16.2. The van der Waals surface area contributed by atoms with E-state index in [-0.39, 0.29) is 11.9 Å². The Morgan fingerprint density at radius 3 is 2.45 bits per heavy atom. The van der Waals surface area contributed by atoms with E-state index in [1.807, 2.05) is 85.8 Å². The minimum absolute atomic E-state index is 0.124. The van der Waals surface area contributed by atoms with Crippen molar-refractivity contribution in [2.75, 3.05) is 0 Å². The van der Waals surface area contributed by atoms with Gasteiger partial charge in [-0.2, -0.15) is 5.10 Å². The molecule has 0 radical (unpaired) electrons. The Bertz CT molecular complexity index is 1180. The lowest BCUT2D eigenvalue weighted by atomic mass is 10.0. The molecule has 0 fully saturated rings. The van der Waals surface area contributed by atoms with Gasteiger partial charge in [0.25, 0.3) is 5.91 Å². The Labute approximate surface area is 168 Å². The lowest BCUT2D eigenvalue weighted by Crippen LogP contribution is -2.27. The van der Waals surface area contributed by atoms with Gasteiger partial charge >= 0.3 is 0 Å². The zero-order chi connectivity index (χ0) is 19.8. The standard InChI is InChI=1S/C24H20N4O/c1-16-11-13-18(14-12-16)24(29)28-22(15-21(27-28)17-7-3-2-4-8-17)23-25-19-9-5-6-10-20(19)26-23/h2-14,22H,15H2,1H3,(H,25,26)/t22-/m1/s1. The molecule has 2 heterocycles. The number of hydrogen-bond donors (Lipinski definition) is 1. The second-order valence-corrected chi connectivity index (χ2v) is 7.29. The van der Waals surface area contributed by atoms with Gasteiger partial charge in [0, 0.05) is 12.0 Å². The third kappa shape index (κ3) is 3.21. The summed E-state index contributed by atoms with van der Waals surface area (Å²) in [5, 5.41) is 6.30. The molecule has 1 N–H and O–H groups in total. The fourth-order valence-electron chi connectivity index (χ4n) is 3.67. The molecule has 1 atom stereocenters. The second kappa shape index (κ2) is 7.02. The number of H-pyrrole nitrogens is 1. The van der Waals surface area contributed by atoms with Gasteiger partial charge in [0.2, 0.25) is 0 Å². The zero-order valence-electron chi connectivity index (χ0n) is 16.0. The summed E-state index contributed by atoms with van der Waals surface area (Å²) in [6, 6.07) is 25.2. The van der Waals surface area contributed by atoms with Gasteiger partial charge in [-0.25, -0.2) is 9.99 Å². The molecule has 142 valence electrons. The molecule has 1 aromatic heterocycles. The Morgan fingerprint density at radius 1 is 0.966 bits per heavy atom. The van der Waals surface area contributed by atoms with Gasteiger partial charge in [-0.15, -0.1) is 0 Å². The summed E-state index contributed by atoms with van der Waals surface area (Å²) in [6.45, 7) is 2.01. The van der Waals surface area contributed by atoms with Crippen LogP contribution in [0.2, 0.25) is 0 Å². The van der Waals surface area contributed by atoms with Gasteiger partial charge in [0.05, 0.1) is 16.7 Å². The molecule has 0 aliphatic carbocycles. The largest absolute Gasteiger partial charge is 0.340 e. The second-order valence-electron chi connectivity index (χ2n) is 7.29. The number of imidazole rings is 1. The van der Waals surface area contributed by atoms with Crippen molar-refractivity contribution in [1.29, 1.82) is 0 Å². The molecule has 3 aromatic carbocycles. The molecule has 1 aliphatic rings. The summed E-state index contributed by atoms with van der Waals surface area (Å²) in [5.41, 5.74) is 5.49. The van der Waals surface area contributed by atoms with E-state index in [1.165, 1.54) is 0 Å². The highest BCUT2D eigenvalue weighted by atomic mass is 16.2. The van der Waals surface area contributed by atoms with Crippen LogP contribution in [0.15, 0.2) is 84.0 Å². The molecule has 0 bridgehead atoms.